The van der Waals surface area contributed by atoms with Gasteiger partial charge in [-0.25, -0.2) is 0 Å². The van der Waals surface area contributed by atoms with E-state index in [1.54, 1.807) is 0 Å². The lowest BCUT2D eigenvalue weighted by Gasteiger charge is -2.34. The minimum atomic E-state index is -0.0773. The largest absolute Gasteiger partial charge is 0.324 e. The Morgan fingerprint density at radius 1 is 1.33 bits per heavy atom. The summed E-state index contributed by atoms with van der Waals surface area (Å²) in [6.07, 6.45) is 3.20. The van der Waals surface area contributed by atoms with Crippen molar-refractivity contribution in [1.82, 2.24) is 5.32 Å². The van der Waals surface area contributed by atoms with Crippen LogP contribution in [0, 0.1) is 0 Å². The molecule has 0 aromatic heterocycles. The lowest BCUT2D eigenvalue weighted by atomic mass is 9.85. The van der Waals surface area contributed by atoms with Gasteiger partial charge in [-0.1, -0.05) is 23.7 Å². The zero-order valence-corrected chi connectivity index (χ0v) is 9.56. The topological polar surface area (TPSA) is 38.0 Å². The van der Waals surface area contributed by atoms with Crippen molar-refractivity contribution < 1.29 is 0 Å². The summed E-state index contributed by atoms with van der Waals surface area (Å²) in [7, 11) is 0. The Bertz CT molecular complexity index is 315. The van der Waals surface area contributed by atoms with Crippen LogP contribution < -0.4 is 11.1 Å². The second-order valence-corrected chi connectivity index (χ2v) is 4.88. The highest BCUT2D eigenvalue weighted by Crippen LogP contribution is 2.20. The van der Waals surface area contributed by atoms with Crippen molar-refractivity contribution in [2.75, 3.05) is 13.1 Å². The van der Waals surface area contributed by atoms with Crippen LogP contribution in [0.5, 0.6) is 0 Å². The van der Waals surface area contributed by atoms with Crippen molar-refractivity contribution in [2.45, 2.75) is 24.8 Å². The summed E-state index contributed by atoms with van der Waals surface area (Å²) in [5.41, 5.74) is 7.53. The van der Waals surface area contributed by atoms with Crippen LogP contribution in [0.2, 0.25) is 5.02 Å². The summed E-state index contributed by atoms with van der Waals surface area (Å²) in [6.45, 7) is 2.01. The van der Waals surface area contributed by atoms with Crippen LogP contribution in [0.3, 0.4) is 0 Å². The first-order chi connectivity index (χ1) is 7.18. The third-order valence-corrected chi connectivity index (χ3v) is 3.23. The van der Waals surface area contributed by atoms with Crippen molar-refractivity contribution in [3.8, 4) is 0 Å². The summed E-state index contributed by atoms with van der Waals surface area (Å²) in [4.78, 5) is 0. The molecule has 0 spiro atoms. The van der Waals surface area contributed by atoms with E-state index in [9.17, 15) is 0 Å². The minimum absolute atomic E-state index is 0.0773. The van der Waals surface area contributed by atoms with E-state index in [0.29, 0.717) is 0 Å². The monoisotopic (exact) mass is 224 g/mol. The molecular weight excluding hydrogens is 208 g/mol. The first-order valence-electron chi connectivity index (χ1n) is 5.42. The Balaban J connectivity index is 2.03. The Morgan fingerprint density at radius 2 is 2.07 bits per heavy atom. The number of piperidine rings is 1. The fourth-order valence-corrected chi connectivity index (χ4v) is 2.28. The maximum Gasteiger partial charge on any atom is 0.0406 e. The first-order valence-corrected chi connectivity index (χ1v) is 5.80. The number of nitrogens with one attached hydrogen (secondary N) is 1. The van der Waals surface area contributed by atoms with E-state index in [1.807, 2.05) is 12.1 Å². The van der Waals surface area contributed by atoms with Crippen LogP contribution >= 0.6 is 11.6 Å². The van der Waals surface area contributed by atoms with Crippen molar-refractivity contribution in [3.05, 3.63) is 34.9 Å². The van der Waals surface area contributed by atoms with Crippen LogP contribution in [0.4, 0.5) is 0 Å². The molecule has 3 N–H and O–H groups in total. The maximum absolute atomic E-state index is 6.33. The molecule has 1 heterocycles. The van der Waals surface area contributed by atoms with Crippen molar-refractivity contribution >= 4 is 11.6 Å². The normalized spacial score (nSPS) is 26.5. The van der Waals surface area contributed by atoms with E-state index in [4.69, 9.17) is 17.3 Å². The summed E-state index contributed by atoms with van der Waals surface area (Å²) in [5.74, 6) is 0. The number of nitrogens with two attached hydrogens (primary N) is 1. The molecule has 1 aromatic rings. The molecule has 1 aliphatic rings. The van der Waals surface area contributed by atoms with Gasteiger partial charge in [0.25, 0.3) is 0 Å². The fraction of sp³-hybridized carbons (Fsp3) is 0.500. The molecular formula is C12H17ClN2. The molecule has 15 heavy (non-hydrogen) atoms. The van der Waals surface area contributed by atoms with Crippen molar-refractivity contribution in [3.63, 3.8) is 0 Å². The predicted molar refractivity (Wildman–Crippen MR) is 64.2 cm³/mol. The van der Waals surface area contributed by atoms with E-state index < -0.39 is 0 Å². The van der Waals surface area contributed by atoms with Crippen LogP contribution in [0.1, 0.15) is 18.4 Å². The van der Waals surface area contributed by atoms with Crippen LogP contribution in [0.15, 0.2) is 24.3 Å². The lowest BCUT2D eigenvalue weighted by molar-refractivity contribution is 0.313. The highest BCUT2D eigenvalue weighted by Gasteiger charge is 2.27. The standard InChI is InChI=1S/C12H17ClN2/c13-11-4-2-10(3-5-11)8-12(14)6-1-7-15-9-12/h2-5,15H,1,6-9,14H2. The predicted octanol–water partition coefficient (Wildman–Crippen LogP) is 1.96. The zero-order chi connectivity index (χ0) is 10.7. The Morgan fingerprint density at radius 3 is 2.67 bits per heavy atom. The third-order valence-electron chi connectivity index (χ3n) is 2.97. The molecule has 2 rings (SSSR count). The van der Waals surface area contributed by atoms with Gasteiger partial charge in [-0.15, -0.1) is 0 Å². The summed E-state index contributed by atoms with van der Waals surface area (Å²) < 4.78 is 0. The fourth-order valence-electron chi connectivity index (χ4n) is 2.15. The Labute approximate surface area is 95.8 Å². The SMILES string of the molecule is NC1(Cc2ccc(Cl)cc2)CCCNC1. The number of hydrogen-bond acceptors (Lipinski definition) is 2. The minimum Gasteiger partial charge on any atom is -0.324 e. The van der Waals surface area contributed by atoms with Gasteiger partial charge in [0.15, 0.2) is 0 Å². The van der Waals surface area contributed by atoms with E-state index in [-0.39, 0.29) is 5.54 Å². The summed E-state index contributed by atoms with van der Waals surface area (Å²) in [6, 6.07) is 7.98. The highest BCUT2D eigenvalue weighted by molar-refractivity contribution is 6.30. The molecule has 82 valence electrons. The van der Waals surface area contributed by atoms with Gasteiger partial charge in [-0.2, -0.15) is 0 Å². The molecule has 0 amide bonds. The molecule has 1 aromatic carbocycles. The molecule has 0 bridgehead atoms. The average Bonchev–Trinajstić information content (AvgIpc) is 2.22. The smallest absolute Gasteiger partial charge is 0.0406 e. The molecule has 1 unspecified atom stereocenters. The molecule has 2 nitrogen and oxygen atoms in total. The number of rotatable bonds is 2. The zero-order valence-electron chi connectivity index (χ0n) is 8.80. The summed E-state index contributed by atoms with van der Waals surface area (Å²) in [5, 5.41) is 4.14. The average molecular weight is 225 g/mol. The third kappa shape index (κ3) is 2.94. The first kappa shape index (κ1) is 10.9. The molecule has 1 saturated heterocycles. The van der Waals surface area contributed by atoms with Crippen molar-refractivity contribution in [1.29, 1.82) is 0 Å². The molecule has 1 fully saturated rings. The van der Waals surface area contributed by atoms with Crippen LogP contribution in [-0.4, -0.2) is 18.6 Å². The van der Waals surface area contributed by atoms with Gasteiger partial charge in [0.1, 0.15) is 0 Å². The van der Waals surface area contributed by atoms with Gasteiger partial charge in [-0.3, -0.25) is 0 Å². The maximum atomic E-state index is 6.33. The van der Waals surface area contributed by atoms with E-state index in [1.165, 1.54) is 12.0 Å². The van der Waals surface area contributed by atoms with Crippen molar-refractivity contribution in [2.24, 2.45) is 5.73 Å². The van der Waals surface area contributed by atoms with Gasteiger partial charge >= 0.3 is 0 Å². The highest BCUT2D eigenvalue weighted by atomic mass is 35.5. The van der Waals surface area contributed by atoms with Crippen LogP contribution in [0.25, 0.3) is 0 Å². The van der Waals surface area contributed by atoms with Gasteiger partial charge in [0.2, 0.25) is 0 Å². The number of halogens is 1. The number of benzene rings is 1. The molecule has 0 aliphatic carbocycles. The van der Waals surface area contributed by atoms with Gasteiger partial charge < -0.3 is 11.1 Å². The lowest BCUT2D eigenvalue weighted by Crippen LogP contribution is -2.54. The van der Waals surface area contributed by atoms with E-state index in [2.05, 4.69) is 17.4 Å². The van der Waals surface area contributed by atoms with Crippen LogP contribution in [-0.2, 0) is 6.42 Å². The number of hydrogen-bond donors (Lipinski definition) is 2. The molecule has 1 atom stereocenters. The second-order valence-electron chi connectivity index (χ2n) is 4.45. The van der Waals surface area contributed by atoms with E-state index >= 15 is 0 Å². The van der Waals surface area contributed by atoms with Gasteiger partial charge in [0, 0.05) is 17.1 Å². The molecule has 3 heteroatoms. The quantitative estimate of drug-likeness (QED) is 0.806. The molecule has 1 aliphatic heterocycles. The van der Waals surface area contributed by atoms with E-state index in [0.717, 1.165) is 31.0 Å². The Kier molecular flexibility index (Phi) is 3.29. The van der Waals surface area contributed by atoms with Gasteiger partial charge in [-0.05, 0) is 43.5 Å². The molecule has 0 radical (unpaired) electrons. The summed E-state index contributed by atoms with van der Waals surface area (Å²) >= 11 is 5.85. The molecule has 0 saturated carbocycles. The Hall–Kier alpha value is -0.570. The second kappa shape index (κ2) is 4.52. The van der Waals surface area contributed by atoms with Gasteiger partial charge in [0.05, 0.1) is 0 Å².